The Morgan fingerprint density at radius 3 is 2.47 bits per heavy atom. The van der Waals surface area contributed by atoms with Crippen LogP contribution in [0.5, 0.6) is 0 Å². The number of alkyl halides is 3. The summed E-state index contributed by atoms with van der Waals surface area (Å²) in [4.78, 5) is 19.2. The number of piperidine rings is 1. The zero-order valence-corrected chi connectivity index (χ0v) is 22.6. The average Bonchev–Trinajstić information content (AvgIpc) is 3.63. The molecule has 0 unspecified atom stereocenters. The highest BCUT2D eigenvalue weighted by atomic mass is 35.5. The van der Waals surface area contributed by atoms with Crippen molar-refractivity contribution in [2.45, 2.75) is 51.7 Å². The molecular weight excluding hydrogens is 543 g/mol. The van der Waals surface area contributed by atoms with Gasteiger partial charge in [0.2, 0.25) is 5.91 Å². The number of nitrogens with zero attached hydrogens (tertiary/aromatic N) is 3. The van der Waals surface area contributed by atoms with Crippen molar-refractivity contribution in [2.24, 2.45) is 18.4 Å². The third-order valence-corrected chi connectivity index (χ3v) is 8.58. The Morgan fingerprint density at radius 2 is 1.84 bits per heavy atom. The van der Waals surface area contributed by atoms with Gasteiger partial charge in [0, 0.05) is 33.1 Å². The molecular formula is C27H28Cl2F4N4O. The average molecular weight is 571 g/mol. The minimum atomic E-state index is -4.61. The van der Waals surface area contributed by atoms with Crippen molar-refractivity contribution in [3.8, 4) is 0 Å². The number of aromatic nitrogens is 2. The Morgan fingerprint density at radius 1 is 1.16 bits per heavy atom. The molecule has 5 nitrogen and oxygen atoms in total. The smallest absolute Gasteiger partial charge is 0.370 e. The summed E-state index contributed by atoms with van der Waals surface area (Å²) in [5.41, 5.74) is 0.929. The molecule has 0 radical (unpaired) electrons. The molecule has 2 heterocycles. The number of anilines is 1. The molecule has 38 heavy (non-hydrogen) atoms. The van der Waals surface area contributed by atoms with Crippen LogP contribution in [-0.4, -0.2) is 34.7 Å². The van der Waals surface area contributed by atoms with E-state index < -0.39 is 23.3 Å². The normalized spacial score (nSPS) is 17.7. The molecule has 2 aromatic carbocycles. The highest BCUT2D eigenvalue weighted by Crippen LogP contribution is 2.57. The lowest BCUT2D eigenvalue weighted by atomic mass is 9.99. The van der Waals surface area contributed by atoms with Crippen LogP contribution < -0.4 is 10.2 Å². The highest BCUT2D eigenvalue weighted by molar-refractivity contribution is 6.34. The molecule has 1 saturated carbocycles. The van der Waals surface area contributed by atoms with Gasteiger partial charge in [-0.1, -0.05) is 36.2 Å². The number of amides is 1. The van der Waals surface area contributed by atoms with Crippen molar-refractivity contribution in [3.63, 3.8) is 0 Å². The molecule has 1 N–H and O–H groups in total. The van der Waals surface area contributed by atoms with E-state index >= 15 is 0 Å². The van der Waals surface area contributed by atoms with Gasteiger partial charge in [0.05, 0.1) is 26.8 Å². The maximum absolute atomic E-state index is 14.7. The zero-order valence-electron chi connectivity index (χ0n) is 21.1. The lowest BCUT2D eigenvalue weighted by molar-refractivity contribution is -0.192. The molecule has 5 rings (SSSR count). The molecule has 3 aromatic rings. The lowest BCUT2D eigenvalue weighted by Crippen LogP contribution is -2.40. The molecule has 1 aliphatic carbocycles. The maximum Gasteiger partial charge on any atom is 0.403 e. The van der Waals surface area contributed by atoms with Gasteiger partial charge < -0.3 is 14.8 Å². The van der Waals surface area contributed by atoms with Crippen LogP contribution in [0.25, 0.3) is 11.0 Å². The fourth-order valence-electron chi connectivity index (χ4n) is 5.13. The summed E-state index contributed by atoms with van der Waals surface area (Å²) in [6, 6.07) is 6.56. The molecule has 0 atom stereocenters. The van der Waals surface area contributed by atoms with E-state index in [1.165, 1.54) is 0 Å². The van der Waals surface area contributed by atoms with Crippen LogP contribution >= 0.6 is 23.2 Å². The van der Waals surface area contributed by atoms with Crippen LogP contribution in [0.4, 0.5) is 23.2 Å². The monoisotopic (exact) mass is 570 g/mol. The molecule has 1 aromatic heterocycles. The quantitative estimate of drug-likeness (QED) is 0.331. The molecule has 1 amide bonds. The third kappa shape index (κ3) is 4.95. The summed E-state index contributed by atoms with van der Waals surface area (Å²) >= 11 is 12.9. The van der Waals surface area contributed by atoms with Gasteiger partial charge >= 0.3 is 6.18 Å². The lowest BCUT2D eigenvalue weighted by Gasteiger charge is -2.32. The van der Waals surface area contributed by atoms with Gasteiger partial charge in [0.1, 0.15) is 17.1 Å². The SMILES string of the molecule is CC1CCN(c2cc3c(cc2Cl)nc(Cc2cc(CNC(=O)C4(C(F)(F)F)CC4)cc(F)c2Cl)n3C)CC1. The first-order valence-corrected chi connectivity index (χ1v) is 13.4. The van der Waals surface area contributed by atoms with Crippen molar-refractivity contribution < 1.29 is 22.4 Å². The van der Waals surface area contributed by atoms with Crippen molar-refractivity contribution in [3.05, 3.63) is 57.1 Å². The first-order chi connectivity index (χ1) is 17.9. The summed E-state index contributed by atoms with van der Waals surface area (Å²) < 4.78 is 56.3. The second-order valence-corrected chi connectivity index (χ2v) is 11.3. The molecule has 1 aliphatic heterocycles. The Kier molecular flexibility index (Phi) is 7.05. The Balaban J connectivity index is 1.37. The minimum Gasteiger partial charge on any atom is -0.370 e. The number of benzene rings is 2. The van der Waals surface area contributed by atoms with Gasteiger partial charge in [-0.15, -0.1) is 0 Å². The standard InChI is InChI=1S/C27H28Cl2F4N4O/c1-15-3-7-37(8-4-15)21-13-22-20(12-18(21)28)35-23(36(22)2)11-17-9-16(10-19(30)24(17)29)14-34-25(38)26(5-6-26)27(31,32)33/h9-10,12-13,15H,3-8,11,14H2,1-2H3,(H,34,38). The predicted molar refractivity (Wildman–Crippen MR) is 140 cm³/mol. The van der Waals surface area contributed by atoms with Crippen LogP contribution in [0, 0.1) is 17.2 Å². The fourth-order valence-corrected chi connectivity index (χ4v) is 5.58. The summed E-state index contributed by atoms with van der Waals surface area (Å²) in [5.74, 6) is -0.496. The van der Waals surface area contributed by atoms with E-state index in [1.807, 2.05) is 23.7 Å². The molecule has 0 spiro atoms. The number of carbonyl (C=O) groups is 1. The van der Waals surface area contributed by atoms with Gasteiger partial charge in [-0.2, -0.15) is 13.2 Å². The van der Waals surface area contributed by atoms with E-state index in [2.05, 4.69) is 17.1 Å². The van der Waals surface area contributed by atoms with E-state index in [-0.39, 0.29) is 30.8 Å². The molecule has 11 heteroatoms. The van der Waals surface area contributed by atoms with Crippen LogP contribution in [0.1, 0.15) is 49.6 Å². The van der Waals surface area contributed by atoms with E-state index in [0.717, 1.165) is 43.2 Å². The highest BCUT2D eigenvalue weighted by Gasteiger charge is 2.68. The molecule has 2 aliphatic rings. The van der Waals surface area contributed by atoms with Gasteiger partial charge in [0.25, 0.3) is 0 Å². The van der Waals surface area contributed by atoms with Crippen molar-refractivity contribution in [2.75, 3.05) is 18.0 Å². The van der Waals surface area contributed by atoms with E-state index in [1.54, 1.807) is 6.07 Å². The second-order valence-electron chi connectivity index (χ2n) is 10.5. The number of halogens is 6. The number of imidazole rings is 1. The topological polar surface area (TPSA) is 50.2 Å². The number of fused-ring (bicyclic) bond motifs is 1. The first kappa shape index (κ1) is 27.1. The Bertz CT molecular complexity index is 1390. The predicted octanol–water partition coefficient (Wildman–Crippen LogP) is 6.81. The second kappa shape index (κ2) is 9.90. The molecule has 204 valence electrons. The summed E-state index contributed by atoms with van der Waals surface area (Å²) in [6.07, 6.45) is -2.70. The van der Waals surface area contributed by atoms with Crippen LogP contribution in [0.3, 0.4) is 0 Å². The molecule has 1 saturated heterocycles. The fraction of sp³-hybridized carbons (Fsp3) is 0.481. The number of nitrogens with one attached hydrogen (secondary N) is 1. The summed E-state index contributed by atoms with van der Waals surface area (Å²) in [7, 11) is 1.86. The van der Waals surface area contributed by atoms with Gasteiger partial charge in [-0.3, -0.25) is 4.79 Å². The third-order valence-electron chi connectivity index (χ3n) is 7.86. The largest absolute Gasteiger partial charge is 0.403 e. The summed E-state index contributed by atoms with van der Waals surface area (Å²) in [6.45, 7) is 3.87. The van der Waals surface area contributed by atoms with Gasteiger partial charge in [-0.25, -0.2) is 9.37 Å². The van der Waals surface area contributed by atoms with E-state index in [4.69, 9.17) is 28.2 Å². The summed E-state index contributed by atoms with van der Waals surface area (Å²) in [5, 5.41) is 2.84. The van der Waals surface area contributed by atoms with Crippen LogP contribution in [0.2, 0.25) is 10.0 Å². The number of rotatable bonds is 6. The Labute approximate surface area is 228 Å². The number of hydrogen-bond donors (Lipinski definition) is 1. The maximum atomic E-state index is 14.7. The number of aryl methyl sites for hydroxylation is 1. The molecule has 0 bridgehead atoms. The minimum absolute atomic E-state index is 0.0951. The Hall–Kier alpha value is -2.52. The first-order valence-electron chi connectivity index (χ1n) is 12.6. The van der Waals surface area contributed by atoms with Gasteiger partial charge in [0.15, 0.2) is 0 Å². The van der Waals surface area contributed by atoms with Crippen molar-refractivity contribution in [1.82, 2.24) is 14.9 Å². The van der Waals surface area contributed by atoms with E-state index in [0.29, 0.717) is 33.4 Å². The molecule has 2 fully saturated rings. The van der Waals surface area contributed by atoms with Crippen molar-refractivity contribution in [1.29, 1.82) is 0 Å². The number of carbonyl (C=O) groups excluding carboxylic acids is 1. The van der Waals surface area contributed by atoms with Crippen molar-refractivity contribution >= 4 is 45.8 Å². The van der Waals surface area contributed by atoms with Crippen LogP contribution in [-0.2, 0) is 24.8 Å². The van der Waals surface area contributed by atoms with Crippen LogP contribution in [0.15, 0.2) is 24.3 Å². The zero-order chi connectivity index (χ0) is 27.4. The van der Waals surface area contributed by atoms with E-state index in [9.17, 15) is 22.4 Å². The number of hydrogen-bond acceptors (Lipinski definition) is 3. The van der Waals surface area contributed by atoms with Gasteiger partial charge in [-0.05, 0) is 60.9 Å².